The van der Waals surface area contributed by atoms with Crippen molar-refractivity contribution in [1.29, 1.82) is 0 Å². The third-order valence-electron chi connectivity index (χ3n) is 1.69. The highest BCUT2D eigenvalue weighted by atomic mass is 16.4. The zero-order chi connectivity index (χ0) is 9.72. The van der Waals surface area contributed by atoms with Crippen molar-refractivity contribution in [2.24, 2.45) is 5.92 Å². The summed E-state index contributed by atoms with van der Waals surface area (Å²) in [5, 5.41) is 26.6. The highest BCUT2D eigenvalue weighted by Crippen LogP contribution is 2.10. The molecule has 0 aliphatic rings. The van der Waals surface area contributed by atoms with Gasteiger partial charge in [0.05, 0.1) is 18.6 Å². The third-order valence-corrected chi connectivity index (χ3v) is 1.69. The number of hydrogen-bond acceptors (Lipinski definition) is 3. The van der Waals surface area contributed by atoms with Gasteiger partial charge in [-0.3, -0.25) is 4.79 Å². The van der Waals surface area contributed by atoms with Crippen LogP contribution < -0.4 is 0 Å². The van der Waals surface area contributed by atoms with Gasteiger partial charge in [0.2, 0.25) is 0 Å². The normalized spacial score (nSPS) is 16.1. The molecule has 0 aromatic heterocycles. The minimum Gasteiger partial charge on any atom is -0.481 e. The Morgan fingerprint density at radius 2 is 1.83 bits per heavy atom. The first kappa shape index (κ1) is 11.4. The minimum absolute atomic E-state index is 0.0495. The molecule has 0 aliphatic heterocycles. The maximum Gasteiger partial charge on any atom is 0.305 e. The number of carboxylic acid groups (broad SMARTS) is 1. The Hall–Kier alpha value is -0.610. The van der Waals surface area contributed by atoms with Crippen molar-refractivity contribution in [2.75, 3.05) is 0 Å². The molecule has 0 radical (unpaired) electrons. The maximum absolute atomic E-state index is 10.1. The first-order valence-electron chi connectivity index (χ1n) is 4.01. The van der Waals surface area contributed by atoms with Gasteiger partial charge in [-0.1, -0.05) is 13.8 Å². The van der Waals surface area contributed by atoms with Crippen molar-refractivity contribution in [2.45, 2.75) is 38.9 Å². The van der Waals surface area contributed by atoms with Gasteiger partial charge >= 0.3 is 5.97 Å². The highest BCUT2D eigenvalue weighted by molar-refractivity contribution is 5.67. The van der Waals surface area contributed by atoms with Gasteiger partial charge in [-0.25, -0.2) is 0 Å². The summed E-state index contributed by atoms with van der Waals surface area (Å²) in [7, 11) is 0. The van der Waals surface area contributed by atoms with Gasteiger partial charge in [0, 0.05) is 6.42 Å². The van der Waals surface area contributed by atoms with E-state index in [1.807, 2.05) is 13.8 Å². The van der Waals surface area contributed by atoms with E-state index in [9.17, 15) is 9.90 Å². The quantitative estimate of drug-likeness (QED) is 0.560. The lowest BCUT2D eigenvalue weighted by atomic mass is 10.00. The van der Waals surface area contributed by atoms with Crippen LogP contribution in [0.15, 0.2) is 0 Å². The Balaban J connectivity index is 3.68. The van der Waals surface area contributed by atoms with Gasteiger partial charge in [0.25, 0.3) is 0 Å². The molecule has 4 heteroatoms. The van der Waals surface area contributed by atoms with Crippen LogP contribution in [-0.4, -0.2) is 33.5 Å². The van der Waals surface area contributed by atoms with Gasteiger partial charge in [0.15, 0.2) is 0 Å². The monoisotopic (exact) mass is 176 g/mol. The van der Waals surface area contributed by atoms with Crippen molar-refractivity contribution in [3.8, 4) is 0 Å². The Labute approximate surface area is 71.8 Å². The first-order valence-corrected chi connectivity index (χ1v) is 4.01. The van der Waals surface area contributed by atoms with Gasteiger partial charge < -0.3 is 15.3 Å². The van der Waals surface area contributed by atoms with E-state index in [4.69, 9.17) is 10.2 Å². The molecule has 0 spiro atoms. The van der Waals surface area contributed by atoms with Gasteiger partial charge in [-0.15, -0.1) is 0 Å². The Kier molecular flexibility index (Phi) is 4.85. The van der Waals surface area contributed by atoms with Crippen molar-refractivity contribution in [3.05, 3.63) is 0 Å². The Morgan fingerprint density at radius 1 is 1.33 bits per heavy atom. The second-order valence-electron chi connectivity index (χ2n) is 3.30. The molecule has 0 unspecified atom stereocenters. The van der Waals surface area contributed by atoms with Crippen molar-refractivity contribution in [1.82, 2.24) is 0 Å². The topological polar surface area (TPSA) is 77.8 Å². The second kappa shape index (κ2) is 5.11. The van der Waals surface area contributed by atoms with Crippen LogP contribution in [0.1, 0.15) is 26.7 Å². The summed E-state index contributed by atoms with van der Waals surface area (Å²) in [5.41, 5.74) is 0. The number of hydrogen-bond donors (Lipinski definition) is 3. The van der Waals surface area contributed by atoms with Crippen LogP contribution in [0.5, 0.6) is 0 Å². The molecule has 0 bridgehead atoms. The molecule has 0 amide bonds. The lowest BCUT2D eigenvalue weighted by molar-refractivity contribution is -0.139. The lowest BCUT2D eigenvalue weighted by Gasteiger charge is -2.16. The van der Waals surface area contributed by atoms with E-state index in [0.717, 1.165) is 0 Å². The average molecular weight is 176 g/mol. The molecule has 0 saturated carbocycles. The Morgan fingerprint density at radius 3 is 2.17 bits per heavy atom. The fourth-order valence-corrected chi connectivity index (χ4v) is 0.836. The molecule has 0 heterocycles. The van der Waals surface area contributed by atoms with Crippen molar-refractivity contribution < 1.29 is 20.1 Å². The summed E-state index contributed by atoms with van der Waals surface area (Å²) in [5.74, 6) is -0.994. The van der Waals surface area contributed by atoms with Crippen LogP contribution >= 0.6 is 0 Å². The van der Waals surface area contributed by atoms with E-state index in [1.165, 1.54) is 0 Å². The molecule has 12 heavy (non-hydrogen) atoms. The summed E-state index contributed by atoms with van der Waals surface area (Å²) in [4.78, 5) is 10.1. The number of rotatable bonds is 5. The molecule has 0 aliphatic carbocycles. The highest BCUT2D eigenvalue weighted by Gasteiger charge is 2.16. The smallest absolute Gasteiger partial charge is 0.305 e. The number of aliphatic hydroxyl groups is 2. The molecule has 3 N–H and O–H groups in total. The minimum atomic E-state index is -1.04. The average Bonchev–Trinajstić information content (AvgIpc) is 1.84. The zero-order valence-corrected chi connectivity index (χ0v) is 7.40. The summed E-state index contributed by atoms with van der Waals surface area (Å²) >= 11 is 0. The standard InChI is InChI=1S/C8H16O4/c1-5(2)7(10)3-6(9)4-8(11)12/h5-7,9-10H,3-4H2,1-2H3,(H,11,12)/t6-,7+/m1/s1. The number of carboxylic acids is 1. The molecule has 4 nitrogen and oxygen atoms in total. The molecule has 0 rings (SSSR count). The van der Waals surface area contributed by atoms with E-state index in [0.29, 0.717) is 0 Å². The molecule has 0 aromatic rings. The molecule has 0 aromatic carbocycles. The summed E-state index contributed by atoms with van der Waals surface area (Å²) in [6.07, 6.45) is -1.74. The number of aliphatic hydroxyl groups excluding tert-OH is 2. The summed E-state index contributed by atoms with van der Waals surface area (Å²) in [6.45, 7) is 3.64. The van der Waals surface area contributed by atoms with Crippen LogP contribution in [0.4, 0.5) is 0 Å². The van der Waals surface area contributed by atoms with Gasteiger partial charge in [0.1, 0.15) is 0 Å². The van der Waals surface area contributed by atoms with E-state index in [1.54, 1.807) is 0 Å². The van der Waals surface area contributed by atoms with Gasteiger partial charge in [-0.05, 0) is 5.92 Å². The summed E-state index contributed by atoms with van der Waals surface area (Å²) < 4.78 is 0. The fraction of sp³-hybridized carbons (Fsp3) is 0.875. The van der Waals surface area contributed by atoms with E-state index in [2.05, 4.69) is 0 Å². The third kappa shape index (κ3) is 5.09. The molecule has 0 saturated heterocycles. The molecule has 0 fully saturated rings. The molecular formula is C8H16O4. The van der Waals surface area contributed by atoms with Crippen LogP contribution in [0, 0.1) is 5.92 Å². The largest absolute Gasteiger partial charge is 0.481 e. The zero-order valence-electron chi connectivity index (χ0n) is 7.40. The van der Waals surface area contributed by atoms with E-state index < -0.39 is 18.2 Å². The lowest BCUT2D eigenvalue weighted by Crippen LogP contribution is -2.24. The van der Waals surface area contributed by atoms with E-state index >= 15 is 0 Å². The maximum atomic E-state index is 10.1. The summed E-state index contributed by atoms with van der Waals surface area (Å²) in [6, 6.07) is 0. The van der Waals surface area contributed by atoms with Crippen LogP contribution in [0.3, 0.4) is 0 Å². The molecular weight excluding hydrogens is 160 g/mol. The SMILES string of the molecule is CC(C)[C@@H](O)C[C@@H](O)CC(=O)O. The molecule has 72 valence electrons. The predicted molar refractivity (Wildman–Crippen MR) is 43.7 cm³/mol. The fourth-order valence-electron chi connectivity index (χ4n) is 0.836. The van der Waals surface area contributed by atoms with Crippen LogP contribution in [-0.2, 0) is 4.79 Å². The van der Waals surface area contributed by atoms with Crippen molar-refractivity contribution in [3.63, 3.8) is 0 Å². The number of aliphatic carboxylic acids is 1. The van der Waals surface area contributed by atoms with Crippen LogP contribution in [0.2, 0.25) is 0 Å². The van der Waals surface area contributed by atoms with Gasteiger partial charge in [-0.2, -0.15) is 0 Å². The Bertz CT molecular complexity index is 144. The number of carbonyl (C=O) groups is 1. The van der Waals surface area contributed by atoms with Crippen molar-refractivity contribution >= 4 is 5.97 Å². The molecule has 2 atom stereocenters. The second-order valence-corrected chi connectivity index (χ2v) is 3.30. The van der Waals surface area contributed by atoms with E-state index in [-0.39, 0.29) is 18.8 Å². The predicted octanol–water partition coefficient (Wildman–Crippen LogP) is 0.229. The first-order chi connectivity index (χ1) is 5.43. The van der Waals surface area contributed by atoms with Crippen LogP contribution in [0.25, 0.3) is 0 Å².